The summed E-state index contributed by atoms with van der Waals surface area (Å²) in [7, 11) is 0. The van der Waals surface area contributed by atoms with Crippen LogP contribution in [0.25, 0.3) is 0 Å². The van der Waals surface area contributed by atoms with Crippen molar-refractivity contribution >= 4 is 17.3 Å². The molecular weight excluding hydrogens is 388 g/mol. The molecule has 1 aromatic heterocycles. The molecule has 4 rings (SSSR count). The first kappa shape index (κ1) is 21.8. The fourth-order valence-electron chi connectivity index (χ4n) is 4.78. The van der Waals surface area contributed by atoms with Gasteiger partial charge in [-0.3, -0.25) is 9.78 Å². The van der Waals surface area contributed by atoms with Gasteiger partial charge in [0.15, 0.2) is 0 Å². The van der Waals surface area contributed by atoms with Gasteiger partial charge < -0.3 is 20.2 Å². The van der Waals surface area contributed by atoms with Crippen LogP contribution in [0, 0.1) is 5.92 Å². The van der Waals surface area contributed by atoms with Crippen molar-refractivity contribution < 1.29 is 9.90 Å². The lowest BCUT2D eigenvalue weighted by Gasteiger charge is -2.31. The smallest absolute Gasteiger partial charge is 0.230 e. The van der Waals surface area contributed by atoms with Gasteiger partial charge in [0.1, 0.15) is 5.60 Å². The van der Waals surface area contributed by atoms with Crippen LogP contribution in [0.2, 0.25) is 0 Å². The van der Waals surface area contributed by atoms with Crippen LogP contribution < -0.4 is 15.1 Å². The lowest BCUT2D eigenvalue weighted by molar-refractivity contribution is -0.120. The molecule has 3 heterocycles. The minimum atomic E-state index is -0.899. The number of aromatic nitrogens is 1. The number of carbonyl (C=O) groups is 1. The standard InChI is InChI=1S/C25H34N4O2/c1-3-25(31,4-2)23-10-9-21(18-27-23)29-14-11-20(24(29)30)17-19-7-5-6-8-22(19)28-15-12-26-13-16-28/h5-10,18,20,26,31H,3-4,11-17H2,1-2H3. The van der Waals surface area contributed by atoms with Gasteiger partial charge in [0.05, 0.1) is 17.6 Å². The van der Waals surface area contributed by atoms with Gasteiger partial charge in [-0.1, -0.05) is 32.0 Å². The number of aliphatic hydroxyl groups is 1. The molecule has 1 aromatic carbocycles. The summed E-state index contributed by atoms with van der Waals surface area (Å²) in [5, 5.41) is 14.1. The van der Waals surface area contributed by atoms with Crippen LogP contribution >= 0.6 is 0 Å². The van der Waals surface area contributed by atoms with E-state index in [0.29, 0.717) is 25.1 Å². The molecule has 0 spiro atoms. The summed E-state index contributed by atoms with van der Waals surface area (Å²) in [5.41, 5.74) is 3.12. The van der Waals surface area contributed by atoms with Gasteiger partial charge in [0.25, 0.3) is 0 Å². The van der Waals surface area contributed by atoms with Crippen LogP contribution in [0.3, 0.4) is 0 Å². The summed E-state index contributed by atoms with van der Waals surface area (Å²) in [6.45, 7) is 8.64. The maximum Gasteiger partial charge on any atom is 0.230 e. The molecule has 0 saturated carbocycles. The summed E-state index contributed by atoms with van der Waals surface area (Å²) < 4.78 is 0. The van der Waals surface area contributed by atoms with Crippen LogP contribution in [0.5, 0.6) is 0 Å². The second-order valence-corrected chi connectivity index (χ2v) is 8.69. The topological polar surface area (TPSA) is 68.7 Å². The Morgan fingerprint density at radius 3 is 2.52 bits per heavy atom. The first-order valence-electron chi connectivity index (χ1n) is 11.6. The Bertz CT molecular complexity index is 889. The zero-order valence-electron chi connectivity index (χ0n) is 18.7. The number of nitrogens with one attached hydrogen (secondary N) is 1. The molecule has 0 radical (unpaired) electrons. The van der Waals surface area contributed by atoms with E-state index < -0.39 is 5.60 Å². The van der Waals surface area contributed by atoms with Crippen LogP contribution in [0.4, 0.5) is 11.4 Å². The average Bonchev–Trinajstić information content (AvgIpc) is 3.19. The van der Waals surface area contributed by atoms with Gasteiger partial charge in [0.2, 0.25) is 5.91 Å². The highest BCUT2D eigenvalue weighted by Gasteiger charge is 2.34. The highest BCUT2D eigenvalue weighted by Crippen LogP contribution is 2.32. The van der Waals surface area contributed by atoms with E-state index >= 15 is 0 Å². The Balaban J connectivity index is 1.47. The Hall–Kier alpha value is -2.44. The number of amides is 1. The molecule has 0 aliphatic carbocycles. The fraction of sp³-hybridized carbons (Fsp3) is 0.520. The molecule has 1 unspecified atom stereocenters. The second-order valence-electron chi connectivity index (χ2n) is 8.69. The third-order valence-electron chi connectivity index (χ3n) is 6.94. The number of anilines is 2. The van der Waals surface area contributed by atoms with Crippen molar-refractivity contribution in [1.29, 1.82) is 0 Å². The summed E-state index contributed by atoms with van der Waals surface area (Å²) in [5.74, 6) is 0.165. The largest absolute Gasteiger partial charge is 0.384 e. The van der Waals surface area contributed by atoms with Gasteiger partial charge >= 0.3 is 0 Å². The Morgan fingerprint density at radius 2 is 1.84 bits per heavy atom. The highest BCUT2D eigenvalue weighted by molar-refractivity contribution is 5.97. The lowest BCUT2D eigenvalue weighted by Crippen LogP contribution is -2.44. The number of hydrogen-bond acceptors (Lipinski definition) is 5. The molecule has 1 atom stereocenters. The zero-order valence-corrected chi connectivity index (χ0v) is 18.7. The SMILES string of the molecule is CCC(O)(CC)c1ccc(N2CCC(Cc3ccccc3N3CCNCC3)C2=O)cn1. The van der Waals surface area contributed by atoms with Crippen molar-refractivity contribution in [3.8, 4) is 0 Å². The number of pyridine rings is 1. The summed E-state index contributed by atoms with van der Waals surface area (Å²) >= 11 is 0. The van der Waals surface area contributed by atoms with E-state index in [2.05, 4.69) is 39.5 Å². The Kier molecular flexibility index (Phi) is 6.58. The van der Waals surface area contributed by atoms with E-state index in [4.69, 9.17) is 0 Å². The predicted molar refractivity (Wildman–Crippen MR) is 124 cm³/mol. The number of hydrogen-bond donors (Lipinski definition) is 2. The number of benzene rings is 1. The summed E-state index contributed by atoms with van der Waals surface area (Å²) in [4.78, 5) is 22.0. The fourth-order valence-corrected chi connectivity index (χ4v) is 4.78. The molecule has 2 aliphatic rings. The average molecular weight is 423 g/mol. The Morgan fingerprint density at radius 1 is 1.10 bits per heavy atom. The van der Waals surface area contributed by atoms with Crippen molar-refractivity contribution in [2.45, 2.75) is 45.1 Å². The molecule has 2 fully saturated rings. The summed E-state index contributed by atoms with van der Waals surface area (Å²) in [6.07, 6.45) is 4.59. The molecule has 6 heteroatoms. The molecular formula is C25H34N4O2. The molecule has 166 valence electrons. The molecule has 6 nitrogen and oxygen atoms in total. The van der Waals surface area contributed by atoms with E-state index in [1.165, 1.54) is 11.3 Å². The van der Waals surface area contributed by atoms with Crippen molar-refractivity contribution in [3.05, 3.63) is 53.9 Å². The molecule has 2 aliphatic heterocycles. The van der Waals surface area contributed by atoms with Crippen LogP contribution in [-0.2, 0) is 16.8 Å². The lowest BCUT2D eigenvalue weighted by atomic mass is 9.93. The normalized spacial score (nSPS) is 19.8. The van der Waals surface area contributed by atoms with E-state index in [0.717, 1.165) is 44.7 Å². The van der Waals surface area contributed by atoms with Crippen molar-refractivity contribution in [2.75, 3.05) is 42.5 Å². The third-order valence-corrected chi connectivity index (χ3v) is 6.94. The number of piperazine rings is 1. The maximum atomic E-state index is 13.2. The van der Waals surface area contributed by atoms with E-state index in [-0.39, 0.29) is 11.8 Å². The quantitative estimate of drug-likeness (QED) is 0.718. The second kappa shape index (κ2) is 9.37. The van der Waals surface area contributed by atoms with E-state index in [1.807, 2.05) is 30.9 Å². The molecule has 0 bridgehead atoms. The molecule has 1 amide bonds. The van der Waals surface area contributed by atoms with Crippen molar-refractivity contribution in [3.63, 3.8) is 0 Å². The number of rotatable bonds is 7. The first-order chi connectivity index (χ1) is 15.1. The summed E-state index contributed by atoms with van der Waals surface area (Å²) in [6, 6.07) is 12.3. The maximum absolute atomic E-state index is 13.2. The van der Waals surface area contributed by atoms with Gasteiger partial charge in [-0.15, -0.1) is 0 Å². The zero-order chi connectivity index (χ0) is 21.8. The third kappa shape index (κ3) is 4.46. The van der Waals surface area contributed by atoms with Gasteiger partial charge in [0, 0.05) is 44.3 Å². The van der Waals surface area contributed by atoms with Crippen LogP contribution in [-0.4, -0.2) is 48.7 Å². The molecule has 2 aromatic rings. The highest BCUT2D eigenvalue weighted by atomic mass is 16.3. The number of para-hydroxylation sites is 1. The number of nitrogens with zero attached hydrogens (tertiary/aromatic N) is 3. The first-order valence-corrected chi connectivity index (χ1v) is 11.6. The van der Waals surface area contributed by atoms with Gasteiger partial charge in [-0.25, -0.2) is 0 Å². The predicted octanol–water partition coefficient (Wildman–Crippen LogP) is 3.09. The van der Waals surface area contributed by atoms with Gasteiger partial charge in [-0.05, 0) is 49.4 Å². The monoisotopic (exact) mass is 422 g/mol. The Labute approximate surface area is 185 Å². The molecule has 31 heavy (non-hydrogen) atoms. The van der Waals surface area contributed by atoms with Crippen LogP contribution in [0.1, 0.15) is 44.4 Å². The molecule has 2 N–H and O–H groups in total. The van der Waals surface area contributed by atoms with Gasteiger partial charge in [-0.2, -0.15) is 0 Å². The van der Waals surface area contributed by atoms with Crippen molar-refractivity contribution in [1.82, 2.24) is 10.3 Å². The van der Waals surface area contributed by atoms with Crippen molar-refractivity contribution in [2.24, 2.45) is 5.92 Å². The van der Waals surface area contributed by atoms with Crippen LogP contribution in [0.15, 0.2) is 42.6 Å². The minimum absolute atomic E-state index is 0.00745. The minimum Gasteiger partial charge on any atom is -0.384 e. The number of carbonyl (C=O) groups excluding carboxylic acids is 1. The molecule has 2 saturated heterocycles. The van der Waals surface area contributed by atoms with E-state index in [1.54, 1.807) is 6.20 Å². The van der Waals surface area contributed by atoms with E-state index in [9.17, 15) is 9.90 Å².